The second-order valence-corrected chi connectivity index (χ2v) is 4.89. The average molecular weight is 294 g/mol. The first kappa shape index (κ1) is 14.0. The molecule has 0 aliphatic heterocycles. The number of anilines is 1. The van der Waals surface area contributed by atoms with E-state index in [4.69, 9.17) is 4.74 Å². The first-order valence-electron chi connectivity index (χ1n) is 6.82. The highest BCUT2D eigenvalue weighted by Crippen LogP contribution is 2.19. The number of methoxy groups -OCH3 is 1. The van der Waals surface area contributed by atoms with Crippen molar-refractivity contribution >= 4 is 23.0 Å². The molecule has 0 atom stereocenters. The summed E-state index contributed by atoms with van der Waals surface area (Å²) < 4.78 is 5.08. The molecule has 0 heterocycles. The topological polar surface area (TPSA) is 67.8 Å². The van der Waals surface area contributed by atoms with E-state index in [2.05, 4.69) is 10.5 Å². The lowest BCUT2D eigenvalue weighted by Crippen LogP contribution is -2.33. The number of hydrogen-bond acceptors (Lipinski definition) is 5. The maximum atomic E-state index is 12.1. The minimum absolute atomic E-state index is 0.135. The molecule has 2 aromatic carbocycles. The molecule has 0 spiro atoms. The monoisotopic (exact) mass is 294 g/mol. The van der Waals surface area contributed by atoms with Gasteiger partial charge >= 0.3 is 0 Å². The van der Waals surface area contributed by atoms with Gasteiger partial charge in [-0.2, -0.15) is 5.10 Å². The second kappa shape index (κ2) is 5.81. The lowest BCUT2D eigenvalue weighted by atomic mass is 9.88. The normalized spacial score (nSPS) is 15.6. The zero-order valence-electron chi connectivity index (χ0n) is 12.0. The van der Waals surface area contributed by atoms with E-state index in [1.165, 1.54) is 0 Å². The molecule has 3 rings (SSSR count). The van der Waals surface area contributed by atoms with E-state index >= 15 is 0 Å². The fourth-order valence-corrected chi connectivity index (χ4v) is 2.31. The Hall–Kier alpha value is -2.95. The van der Waals surface area contributed by atoms with Gasteiger partial charge in [-0.25, -0.2) is 0 Å². The molecule has 0 radical (unpaired) electrons. The molecule has 5 heteroatoms. The van der Waals surface area contributed by atoms with Gasteiger partial charge in [-0.3, -0.25) is 15.0 Å². The largest absolute Gasteiger partial charge is 0.497 e. The van der Waals surface area contributed by atoms with Crippen LogP contribution in [0.15, 0.2) is 53.6 Å². The van der Waals surface area contributed by atoms with Crippen LogP contribution in [0.2, 0.25) is 0 Å². The number of Topliss-reactive ketones (excluding diaryl/α,β-unsaturated/α-hetero) is 2. The Kier molecular flexibility index (Phi) is 3.70. The molecule has 22 heavy (non-hydrogen) atoms. The molecule has 1 aliphatic carbocycles. The van der Waals surface area contributed by atoms with Gasteiger partial charge in [0.25, 0.3) is 0 Å². The lowest BCUT2D eigenvalue weighted by Gasteiger charge is -2.15. The minimum Gasteiger partial charge on any atom is -0.497 e. The third kappa shape index (κ3) is 2.61. The number of hydrogen-bond donors (Lipinski definition) is 1. The smallest absolute Gasteiger partial charge is 0.249 e. The van der Waals surface area contributed by atoms with Gasteiger partial charge < -0.3 is 4.74 Å². The summed E-state index contributed by atoms with van der Waals surface area (Å²) in [5, 5.41) is 4.14. The highest BCUT2D eigenvalue weighted by molar-refractivity contribution is 6.70. The van der Waals surface area contributed by atoms with Crippen LogP contribution in [0.5, 0.6) is 5.75 Å². The van der Waals surface area contributed by atoms with Crippen LogP contribution in [-0.2, 0) is 16.0 Å². The Bertz CT molecular complexity index is 764. The summed E-state index contributed by atoms with van der Waals surface area (Å²) in [6.45, 7) is 0. The Balaban J connectivity index is 1.91. The first-order chi connectivity index (χ1) is 10.7. The number of benzene rings is 2. The molecular formula is C17H14N2O3. The molecule has 0 unspecified atom stereocenters. The van der Waals surface area contributed by atoms with E-state index < -0.39 is 11.6 Å². The predicted molar refractivity (Wildman–Crippen MR) is 83.3 cm³/mol. The van der Waals surface area contributed by atoms with Crippen LogP contribution < -0.4 is 10.2 Å². The lowest BCUT2D eigenvalue weighted by molar-refractivity contribution is -0.132. The quantitative estimate of drug-likeness (QED) is 0.696. The number of hydrazone groups is 1. The van der Waals surface area contributed by atoms with Crippen molar-refractivity contribution in [2.24, 2.45) is 5.10 Å². The number of nitrogens with one attached hydrogen (secondary N) is 1. The summed E-state index contributed by atoms with van der Waals surface area (Å²) in [5.74, 6) is -0.263. The molecule has 0 fully saturated rings. The standard InChI is InChI=1S/C17H14N2O3/c1-22-13-8-6-12(7-9-13)18-19-16-14-5-3-2-4-11(14)10-15(20)17(16)21/h2-9,18H,10H2,1H3/b19-16+. The maximum Gasteiger partial charge on any atom is 0.249 e. The molecule has 0 saturated heterocycles. The van der Waals surface area contributed by atoms with E-state index in [1.54, 1.807) is 37.4 Å². The number of carbonyl (C=O) groups is 2. The molecule has 2 aromatic rings. The van der Waals surface area contributed by atoms with E-state index in [0.29, 0.717) is 11.3 Å². The molecule has 0 bridgehead atoms. The van der Waals surface area contributed by atoms with Crippen LogP contribution in [0.25, 0.3) is 0 Å². The van der Waals surface area contributed by atoms with Crippen molar-refractivity contribution in [3.8, 4) is 5.75 Å². The summed E-state index contributed by atoms with van der Waals surface area (Å²) in [7, 11) is 1.59. The molecule has 0 saturated carbocycles. The minimum atomic E-state index is -0.556. The van der Waals surface area contributed by atoms with E-state index in [9.17, 15) is 9.59 Å². The van der Waals surface area contributed by atoms with E-state index in [1.807, 2.05) is 18.2 Å². The number of carbonyl (C=O) groups excluding carboxylic acids is 2. The highest BCUT2D eigenvalue weighted by atomic mass is 16.5. The summed E-state index contributed by atoms with van der Waals surface area (Å²) in [6, 6.07) is 14.4. The van der Waals surface area contributed by atoms with E-state index in [-0.39, 0.29) is 12.1 Å². The molecular weight excluding hydrogens is 280 g/mol. The Labute approximate surface area is 127 Å². The molecule has 1 N–H and O–H groups in total. The van der Waals surface area contributed by atoms with Crippen LogP contribution in [0.1, 0.15) is 11.1 Å². The number of fused-ring (bicyclic) bond motifs is 1. The third-order valence-electron chi connectivity index (χ3n) is 3.48. The number of nitrogens with zero attached hydrogens (tertiary/aromatic N) is 1. The fourth-order valence-electron chi connectivity index (χ4n) is 2.31. The average Bonchev–Trinajstić information content (AvgIpc) is 2.56. The van der Waals surface area contributed by atoms with Gasteiger partial charge in [-0.15, -0.1) is 0 Å². The Morgan fingerprint density at radius 3 is 2.50 bits per heavy atom. The molecule has 5 nitrogen and oxygen atoms in total. The molecule has 110 valence electrons. The van der Waals surface area contributed by atoms with Crippen LogP contribution >= 0.6 is 0 Å². The summed E-state index contributed by atoms with van der Waals surface area (Å²) in [5.41, 5.74) is 5.20. The van der Waals surface area contributed by atoms with Crippen molar-refractivity contribution in [2.45, 2.75) is 6.42 Å². The van der Waals surface area contributed by atoms with E-state index in [0.717, 1.165) is 11.3 Å². The Morgan fingerprint density at radius 1 is 1.05 bits per heavy atom. The van der Waals surface area contributed by atoms with Gasteiger partial charge in [0.2, 0.25) is 11.6 Å². The van der Waals surface area contributed by atoms with Crippen LogP contribution in [0.3, 0.4) is 0 Å². The fraction of sp³-hybridized carbons (Fsp3) is 0.118. The number of ketones is 2. The maximum absolute atomic E-state index is 12.1. The molecule has 0 aromatic heterocycles. The third-order valence-corrected chi connectivity index (χ3v) is 3.48. The van der Waals surface area contributed by atoms with Crippen LogP contribution in [0, 0.1) is 0 Å². The Morgan fingerprint density at radius 2 is 1.77 bits per heavy atom. The van der Waals surface area contributed by atoms with Gasteiger partial charge in [0.05, 0.1) is 12.8 Å². The van der Waals surface area contributed by atoms with Gasteiger partial charge in [0, 0.05) is 12.0 Å². The number of ether oxygens (including phenoxy) is 1. The van der Waals surface area contributed by atoms with Crippen molar-refractivity contribution in [1.82, 2.24) is 0 Å². The number of rotatable bonds is 3. The first-order valence-corrected chi connectivity index (χ1v) is 6.82. The zero-order chi connectivity index (χ0) is 15.5. The van der Waals surface area contributed by atoms with Crippen molar-refractivity contribution in [3.05, 3.63) is 59.7 Å². The summed E-state index contributed by atoms with van der Waals surface area (Å²) in [4.78, 5) is 23.9. The van der Waals surface area contributed by atoms with Gasteiger partial charge in [0.15, 0.2) is 0 Å². The zero-order valence-corrected chi connectivity index (χ0v) is 12.0. The second-order valence-electron chi connectivity index (χ2n) is 4.89. The predicted octanol–water partition coefficient (Wildman–Crippen LogP) is 2.21. The van der Waals surface area contributed by atoms with Gasteiger partial charge in [0.1, 0.15) is 11.5 Å². The van der Waals surface area contributed by atoms with Crippen molar-refractivity contribution in [1.29, 1.82) is 0 Å². The molecule has 1 aliphatic rings. The van der Waals surface area contributed by atoms with Crippen LogP contribution in [0.4, 0.5) is 5.69 Å². The van der Waals surface area contributed by atoms with Crippen molar-refractivity contribution in [3.63, 3.8) is 0 Å². The SMILES string of the molecule is COc1ccc(N/N=C2/C(=O)C(=O)Cc3ccccc32)cc1. The summed E-state index contributed by atoms with van der Waals surface area (Å²) >= 11 is 0. The highest BCUT2D eigenvalue weighted by Gasteiger charge is 2.30. The molecule has 0 amide bonds. The van der Waals surface area contributed by atoms with Crippen LogP contribution in [-0.4, -0.2) is 24.4 Å². The summed E-state index contributed by atoms with van der Waals surface area (Å²) in [6.07, 6.45) is 0.135. The van der Waals surface area contributed by atoms with Gasteiger partial charge in [-0.05, 0) is 29.8 Å². The van der Waals surface area contributed by atoms with Gasteiger partial charge in [-0.1, -0.05) is 24.3 Å². The van der Waals surface area contributed by atoms with Crippen molar-refractivity contribution < 1.29 is 14.3 Å². The van der Waals surface area contributed by atoms with Crippen molar-refractivity contribution in [2.75, 3.05) is 12.5 Å².